The van der Waals surface area contributed by atoms with E-state index >= 15 is 0 Å². The first kappa shape index (κ1) is 11.4. The van der Waals surface area contributed by atoms with Crippen LogP contribution in [0, 0.1) is 0 Å². The molecule has 14 heavy (non-hydrogen) atoms. The summed E-state index contributed by atoms with van der Waals surface area (Å²) in [7, 11) is 0. The average molecular weight is 213 g/mol. The highest BCUT2D eigenvalue weighted by Gasteiger charge is 2.12. The fraction of sp³-hybridized carbons (Fsp3) is 0.700. The Labute approximate surface area is 90.2 Å². The average Bonchev–Trinajstić information content (AvgIpc) is 2.25. The molecule has 1 heterocycles. The third kappa shape index (κ3) is 4.56. The van der Waals surface area contributed by atoms with Crippen LogP contribution in [0.1, 0.15) is 19.3 Å². The lowest BCUT2D eigenvalue weighted by molar-refractivity contribution is 0.667. The van der Waals surface area contributed by atoms with Gasteiger partial charge >= 0.3 is 0 Å². The summed E-state index contributed by atoms with van der Waals surface area (Å²) in [6.45, 7) is 5.14. The number of nitrogens with zero attached hydrogens (tertiary/aromatic N) is 1. The fourth-order valence-electron chi connectivity index (χ4n) is 1.38. The van der Waals surface area contributed by atoms with Crippen LogP contribution in [0.4, 0.5) is 0 Å². The molecule has 1 saturated heterocycles. The molecule has 0 aromatic carbocycles. The van der Waals surface area contributed by atoms with Gasteiger partial charge in [-0.15, -0.1) is 6.58 Å². The van der Waals surface area contributed by atoms with Crippen molar-refractivity contribution in [3.8, 4) is 0 Å². The lowest BCUT2D eigenvalue weighted by Gasteiger charge is -2.19. The number of hydrogen-bond acceptors (Lipinski definition) is 2. The lowest BCUT2D eigenvalue weighted by atomic mass is 10.2. The van der Waals surface area contributed by atoms with E-state index in [2.05, 4.69) is 16.9 Å². The van der Waals surface area contributed by atoms with E-state index in [1.54, 1.807) is 6.08 Å². The SMILES string of the molecule is C=CCNC(N)=NCC1CCCCS1. The Hall–Kier alpha value is -0.640. The molecule has 0 aliphatic carbocycles. The monoisotopic (exact) mass is 213 g/mol. The summed E-state index contributed by atoms with van der Waals surface area (Å²) in [5.74, 6) is 1.82. The second-order valence-electron chi connectivity index (χ2n) is 3.38. The summed E-state index contributed by atoms with van der Waals surface area (Å²) in [5.41, 5.74) is 5.66. The van der Waals surface area contributed by atoms with Gasteiger partial charge in [0.25, 0.3) is 0 Å². The molecule has 3 N–H and O–H groups in total. The molecule has 1 atom stereocenters. The summed E-state index contributed by atoms with van der Waals surface area (Å²) in [6, 6.07) is 0. The number of guanidine groups is 1. The first-order valence-corrected chi connectivity index (χ1v) is 6.14. The Morgan fingerprint density at radius 3 is 3.14 bits per heavy atom. The second-order valence-corrected chi connectivity index (χ2v) is 4.79. The minimum Gasteiger partial charge on any atom is -0.370 e. The number of nitrogens with two attached hydrogens (primary N) is 1. The van der Waals surface area contributed by atoms with Gasteiger partial charge in [-0.25, -0.2) is 0 Å². The molecule has 0 amide bonds. The highest BCUT2D eigenvalue weighted by molar-refractivity contribution is 7.99. The molecule has 1 aliphatic rings. The topological polar surface area (TPSA) is 50.4 Å². The van der Waals surface area contributed by atoms with E-state index in [1.165, 1.54) is 25.0 Å². The van der Waals surface area contributed by atoms with Crippen molar-refractivity contribution in [2.24, 2.45) is 10.7 Å². The molecule has 0 spiro atoms. The molecule has 3 nitrogen and oxygen atoms in total. The zero-order chi connectivity index (χ0) is 10.2. The van der Waals surface area contributed by atoms with Crippen LogP contribution in [0.25, 0.3) is 0 Å². The van der Waals surface area contributed by atoms with Crippen LogP contribution >= 0.6 is 11.8 Å². The standard InChI is InChI=1S/C10H19N3S/c1-2-6-12-10(11)13-8-9-5-3-4-7-14-9/h2,9H,1,3-8H2,(H3,11,12,13). The van der Waals surface area contributed by atoms with E-state index < -0.39 is 0 Å². The van der Waals surface area contributed by atoms with Gasteiger partial charge in [-0.1, -0.05) is 12.5 Å². The minimum absolute atomic E-state index is 0.538. The number of aliphatic imine (C=N–C) groups is 1. The molecule has 0 aromatic heterocycles. The fourth-order valence-corrected chi connectivity index (χ4v) is 2.60. The molecule has 1 unspecified atom stereocenters. The number of hydrogen-bond donors (Lipinski definition) is 2. The predicted octanol–water partition coefficient (Wildman–Crippen LogP) is 1.36. The Morgan fingerprint density at radius 2 is 2.50 bits per heavy atom. The van der Waals surface area contributed by atoms with Crippen molar-refractivity contribution < 1.29 is 0 Å². The van der Waals surface area contributed by atoms with Gasteiger partial charge in [-0.2, -0.15) is 11.8 Å². The second kappa shape index (κ2) is 6.76. The highest BCUT2D eigenvalue weighted by Crippen LogP contribution is 2.24. The summed E-state index contributed by atoms with van der Waals surface area (Å²) in [6.07, 6.45) is 5.75. The largest absolute Gasteiger partial charge is 0.370 e. The smallest absolute Gasteiger partial charge is 0.188 e. The molecule has 0 aromatic rings. The molecule has 1 rings (SSSR count). The van der Waals surface area contributed by atoms with Gasteiger partial charge in [0, 0.05) is 11.8 Å². The van der Waals surface area contributed by atoms with Crippen LogP contribution in [0.3, 0.4) is 0 Å². The molecule has 4 heteroatoms. The van der Waals surface area contributed by atoms with Crippen LogP contribution in [0.5, 0.6) is 0 Å². The third-order valence-corrected chi connectivity index (χ3v) is 3.55. The van der Waals surface area contributed by atoms with Crippen molar-refractivity contribution in [2.45, 2.75) is 24.5 Å². The van der Waals surface area contributed by atoms with E-state index in [0.29, 0.717) is 17.8 Å². The molecule has 1 fully saturated rings. The van der Waals surface area contributed by atoms with E-state index in [1.807, 2.05) is 11.8 Å². The zero-order valence-electron chi connectivity index (χ0n) is 8.54. The highest BCUT2D eigenvalue weighted by atomic mass is 32.2. The molecule has 0 radical (unpaired) electrons. The van der Waals surface area contributed by atoms with E-state index in [0.717, 1.165) is 6.54 Å². The Kier molecular flexibility index (Phi) is 5.52. The van der Waals surface area contributed by atoms with Gasteiger partial charge in [0.1, 0.15) is 0 Å². The Bertz CT molecular complexity index is 198. The predicted molar refractivity (Wildman–Crippen MR) is 64.8 cm³/mol. The maximum absolute atomic E-state index is 5.66. The van der Waals surface area contributed by atoms with Crippen LogP contribution in [-0.2, 0) is 0 Å². The van der Waals surface area contributed by atoms with E-state index in [4.69, 9.17) is 5.73 Å². The Balaban J connectivity index is 2.18. The van der Waals surface area contributed by atoms with Crippen molar-refractivity contribution in [3.63, 3.8) is 0 Å². The van der Waals surface area contributed by atoms with Crippen LogP contribution in [0.2, 0.25) is 0 Å². The van der Waals surface area contributed by atoms with E-state index in [9.17, 15) is 0 Å². The lowest BCUT2D eigenvalue weighted by Crippen LogP contribution is -2.32. The molecule has 0 bridgehead atoms. The third-order valence-electron chi connectivity index (χ3n) is 2.17. The van der Waals surface area contributed by atoms with Crippen molar-refractivity contribution in [3.05, 3.63) is 12.7 Å². The number of nitrogens with one attached hydrogen (secondary N) is 1. The Morgan fingerprint density at radius 1 is 1.64 bits per heavy atom. The molecule has 0 saturated carbocycles. The van der Waals surface area contributed by atoms with Crippen molar-refractivity contribution in [1.82, 2.24) is 5.32 Å². The molecule has 1 aliphatic heterocycles. The number of thioether (sulfide) groups is 1. The van der Waals surface area contributed by atoms with E-state index in [-0.39, 0.29) is 0 Å². The molecular formula is C10H19N3S. The maximum Gasteiger partial charge on any atom is 0.188 e. The van der Waals surface area contributed by atoms with Crippen molar-refractivity contribution in [2.75, 3.05) is 18.8 Å². The summed E-state index contributed by atoms with van der Waals surface area (Å²) >= 11 is 2.02. The van der Waals surface area contributed by atoms with Gasteiger partial charge < -0.3 is 11.1 Å². The summed E-state index contributed by atoms with van der Waals surface area (Å²) < 4.78 is 0. The number of rotatable bonds is 4. The molecular weight excluding hydrogens is 194 g/mol. The summed E-state index contributed by atoms with van der Waals surface area (Å²) in [4.78, 5) is 4.30. The zero-order valence-corrected chi connectivity index (χ0v) is 9.35. The normalized spacial score (nSPS) is 23.1. The van der Waals surface area contributed by atoms with Crippen LogP contribution in [0.15, 0.2) is 17.6 Å². The molecule has 80 valence electrons. The van der Waals surface area contributed by atoms with Gasteiger partial charge in [0.2, 0.25) is 0 Å². The quantitative estimate of drug-likeness (QED) is 0.421. The first-order chi connectivity index (χ1) is 6.83. The van der Waals surface area contributed by atoms with Crippen LogP contribution < -0.4 is 11.1 Å². The van der Waals surface area contributed by atoms with Gasteiger partial charge in [0.05, 0.1) is 6.54 Å². The summed E-state index contributed by atoms with van der Waals surface area (Å²) in [5, 5.41) is 3.65. The van der Waals surface area contributed by atoms with Crippen LogP contribution in [-0.4, -0.2) is 30.1 Å². The minimum atomic E-state index is 0.538. The van der Waals surface area contributed by atoms with Crippen molar-refractivity contribution >= 4 is 17.7 Å². The van der Waals surface area contributed by atoms with Gasteiger partial charge in [-0.05, 0) is 18.6 Å². The first-order valence-electron chi connectivity index (χ1n) is 5.09. The maximum atomic E-state index is 5.66. The van der Waals surface area contributed by atoms with Gasteiger partial charge in [-0.3, -0.25) is 4.99 Å². The van der Waals surface area contributed by atoms with Crippen molar-refractivity contribution in [1.29, 1.82) is 0 Å². The van der Waals surface area contributed by atoms with Gasteiger partial charge in [0.15, 0.2) is 5.96 Å².